The Morgan fingerprint density at radius 1 is 1.27 bits per heavy atom. The molecule has 0 spiro atoms. The van der Waals surface area contributed by atoms with Crippen molar-refractivity contribution in [2.24, 2.45) is 7.05 Å². The monoisotopic (exact) mass is 314 g/mol. The van der Waals surface area contributed by atoms with Crippen molar-refractivity contribution >= 4 is 11.8 Å². The Morgan fingerprint density at radius 2 is 2.05 bits per heavy atom. The van der Waals surface area contributed by atoms with E-state index in [-0.39, 0.29) is 5.25 Å². The van der Waals surface area contributed by atoms with Crippen LogP contribution < -0.4 is 0 Å². The predicted octanol–water partition coefficient (Wildman–Crippen LogP) is 3.56. The molecule has 0 aliphatic carbocycles. The molecule has 0 bridgehead atoms. The summed E-state index contributed by atoms with van der Waals surface area (Å²) in [5, 5.41) is 4.19. The molecular formula is C16H18N4OS. The average Bonchev–Trinajstić information content (AvgIpc) is 3.12. The molecule has 0 saturated carbocycles. The molecule has 5 nitrogen and oxygen atoms in total. The van der Waals surface area contributed by atoms with E-state index < -0.39 is 0 Å². The molecule has 1 unspecified atom stereocenters. The van der Waals surface area contributed by atoms with Crippen molar-refractivity contribution in [3.05, 3.63) is 59.8 Å². The van der Waals surface area contributed by atoms with Crippen LogP contribution in [0.25, 0.3) is 0 Å². The van der Waals surface area contributed by atoms with Gasteiger partial charge in [-0.05, 0) is 26.0 Å². The number of benzene rings is 1. The Kier molecular flexibility index (Phi) is 4.29. The van der Waals surface area contributed by atoms with Crippen LogP contribution in [-0.4, -0.2) is 19.7 Å². The van der Waals surface area contributed by atoms with Gasteiger partial charge in [-0.3, -0.25) is 0 Å². The minimum Gasteiger partial charge on any atom is -0.338 e. The lowest BCUT2D eigenvalue weighted by Crippen LogP contribution is -1.98. The second-order valence-corrected chi connectivity index (χ2v) is 6.71. The van der Waals surface area contributed by atoms with Crippen molar-refractivity contribution in [2.75, 3.05) is 0 Å². The minimum atomic E-state index is 0.121. The predicted molar refractivity (Wildman–Crippen MR) is 85.8 cm³/mol. The summed E-state index contributed by atoms with van der Waals surface area (Å²) in [7, 11) is 1.96. The van der Waals surface area contributed by atoms with Crippen LogP contribution in [0.1, 0.15) is 35.1 Å². The molecular weight excluding hydrogens is 296 g/mol. The fourth-order valence-electron chi connectivity index (χ4n) is 2.09. The third-order valence-electron chi connectivity index (χ3n) is 3.42. The van der Waals surface area contributed by atoms with Gasteiger partial charge in [0.2, 0.25) is 5.89 Å². The van der Waals surface area contributed by atoms with Crippen LogP contribution in [0.5, 0.6) is 0 Å². The lowest BCUT2D eigenvalue weighted by Gasteiger charge is -2.06. The molecule has 0 aliphatic rings. The smallest absolute Gasteiger partial charge is 0.239 e. The summed E-state index contributed by atoms with van der Waals surface area (Å²) in [5.74, 6) is 1.35. The van der Waals surface area contributed by atoms with Gasteiger partial charge in [0.05, 0.1) is 18.0 Å². The SMILES string of the molecule is Cc1ccc(SC(C)c2nc(Cc3cncn3C)no2)cc1. The highest BCUT2D eigenvalue weighted by atomic mass is 32.2. The Bertz CT molecular complexity index is 748. The van der Waals surface area contributed by atoms with E-state index in [9.17, 15) is 0 Å². The first kappa shape index (κ1) is 14.8. The highest BCUT2D eigenvalue weighted by Gasteiger charge is 2.16. The van der Waals surface area contributed by atoms with E-state index in [1.807, 2.05) is 17.8 Å². The van der Waals surface area contributed by atoms with E-state index in [0.29, 0.717) is 18.1 Å². The van der Waals surface area contributed by atoms with E-state index >= 15 is 0 Å². The van der Waals surface area contributed by atoms with Gasteiger partial charge in [0.15, 0.2) is 5.82 Å². The highest BCUT2D eigenvalue weighted by molar-refractivity contribution is 7.99. The molecule has 0 radical (unpaired) electrons. The lowest BCUT2D eigenvalue weighted by molar-refractivity contribution is 0.375. The van der Waals surface area contributed by atoms with Crippen molar-refractivity contribution in [1.29, 1.82) is 0 Å². The van der Waals surface area contributed by atoms with Crippen LogP contribution in [0.2, 0.25) is 0 Å². The van der Waals surface area contributed by atoms with Crippen molar-refractivity contribution in [3.8, 4) is 0 Å². The Hall–Kier alpha value is -2.08. The number of imidazole rings is 1. The Labute approximate surface area is 133 Å². The zero-order valence-corrected chi connectivity index (χ0v) is 13.7. The summed E-state index contributed by atoms with van der Waals surface area (Å²) in [6, 6.07) is 8.44. The van der Waals surface area contributed by atoms with Gasteiger partial charge in [0.1, 0.15) is 0 Å². The maximum absolute atomic E-state index is 5.40. The first-order valence-electron chi connectivity index (χ1n) is 7.13. The Morgan fingerprint density at radius 3 is 2.73 bits per heavy atom. The van der Waals surface area contributed by atoms with Gasteiger partial charge in [-0.2, -0.15) is 4.98 Å². The van der Waals surface area contributed by atoms with E-state index in [1.165, 1.54) is 10.5 Å². The van der Waals surface area contributed by atoms with Crippen LogP contribution in [0.15, 0.2) is 46.2 Å². The number of rotatable bonds is 5. The summed E-state index contributed by atoms with van der Waals surface area (Å²) in [6.45, 7) is 4.16. The van der Waals surface area contributed by atoms with Crippen LogP contribution in [0.3, 0.4) is 0 Å². The van der Waals surface area contributed by atoms with E-state index in [1.54, 1.807) is 18.1 Å². The highest BCUT2D eigenvalue weighted by Crippen LogP contribution is 2.33. The molecule has 6 heteroatoms. The summed E-state index contributed by atoms with van der Waals surface area (Å²) < 4.78 is 7.36. The molecule has 1 aromatic carbocycles. The zero-order chi connectivity index (χ0) is 15.5. The molecule has 0 saturated heterocycles. The standard InChI is InChI=1S/C16H18N4OS/c1-11-4-6-14(7-5-11)22-12(2)16-18-15(19-21-16)8-13-9-17-10-20(13)3/h4-7,9-10,12H,8H2,1-3H3. The van der Waals surface area contributed by atoms with Gasteiger partial charge >= 0.3 is 0 Å². The normalized spacial score (nSPS) is 12.5. The van der Waals surface area contributed by atoms with Gasteiger partial charge in [-0.1, -0.05) is 22.9 Å². The van der Waals surface area contributed by atoms with Gasteiger partial charge in [-0.15, -0.1) is 11.8 Å². The minimum absolute atomic E-state index is 0.121. The molecule has 22 heavy (non-hydrogen) atoms. The summed E-state index contributed by atoms with van der Waals surface area (Å²) in [4.78, 5) is 9.79. The fraction of sp³-hybridized carbons (Fsp3) is 0.312. The fourth-order valence-corrected chi connectivity index (χ4v) is 2.99. The van der Waals surface area contributed by atoms with Crippen LogP contribution >= 0.6 is 11.8 Å². The van der Waals surface area contributed by atoms with Crippen LogP contribution in [0, 0.1) is 6.92 Å². The van der Waals surface area contributed by atoms with E-state index in [4.69, 9.17) is 4.52 Å². The number of nitrogens with zero attached hydrogens (tertiary/aromatic N) is 4. The van der Waals surface area contributed by atoms with Crippen molar-refractivity contribution in [2.45, 2.75) is 30.4 Å². The van der Waals surface area contributed by atoms with E-state index in [0.717, 1.165) is 5.69 Å². The third kappa shape index (κ3) is 3.39. The van der Waals surface area contributed by atoms with Gasteiger partial charge in [-0.25, -0.2) is 4.98 Å². The van der Waals surface area contributed by atoms with Gasteiger partial charge in [0, 0.05) is 23.8 Å². The zero-order valence-electron chi connectivity index (χ0n) is 12.9. The first-order valence-corrected chi connectivity index (χ1v) is 8.01. The number of hydrogen-bond acceptors (Lipinski definition) is 5. The van der Waals surface area contributed by atoms with E-state index in [2.05, 4.69) is 53.2 Å². The maximum Gasteiger partial charge on any atom is 0.239 e. The largest absolute Gasteiger partial charge is 0.338 e. The molecule has 2 heterocycles. The maximum atomic E-state index is 5.40. The molecule has 0 aliphatic heterocycles. The number of aryl methyl sites for hydroxylation is 2. The third-order valence-corrected chi connectivity index (χ3v) is 4.52. The molecule has 0 N–H and O–H groups in total. The lowest BCUT2D eigenvalue weighted by atomic mass is 10.2. The summed E-state index contributed by atoms with van der Waals surface area (Å²) in [5.41, 5.74) is 2.32. The topological polar surface area (TPSA) is 56.7 Å². The van der Waals surface area contributed by atoms with Crippen LogP contribution in [-0.2, 0) is 13.5 Å². The van der Waals surface area contributed by atoms with Crippen LogP contribution in [0.4, 0.5) is 0 Å². The van der Waals surface area contributed by atoms with Crippen molar-refractivity contribution in [1.82, 2.24) is 19.7 Å². The van der Waals surface area contributed by atoms with Crippen molar-refractivity contribution < 1.29 is 4.52 Å². The summed E-state index contributed by atoms with van der Waals surface area (Å²) >= 11 is 1.72. The summed E-state index contributed by atoms with van der Waals surface area (Å²) in [6.07, 6.45) is 4.22. The molecule has 0 amide bonds. The second kappa shape index (κ2) is 6.36. The van der Waals surface area contributed by atoms with Crippen molar-refractivity contribution in [3.63, 3.8) is 0 Å². The Balaban J connectivity index is 1.67. The van der Waals surface area contributed by atoms with Gasteiger partial charge in [0.25, 0.3) is 0 Å². The molecule has 3 rings (SSSR count). The number of hydrogen-bond donors (Lipinski definition) is 0. The number of aromatic nitrogens is 4. The number of thioether (sulfide) groups is 1. The molecule has 1 atom stereocenters. The van der Waals surface area contributed by atoms with Gasteiger partial charge < -0.3 is 9.09 Å². The molecule has 114 valence electrons. The quantitative estimate of drug-likeness (QED) is 0.674. The molecule has 2 aromatic heterocycles. The second-order valence-electron chi connectivity index (χ2n) is 5.29. The average molecular weight is 314 g/mol. The first-order chi connectivity index (χ1) is 10.6. The molecule has 0 fully saturated rings. The molecule has 3 aromatic rings.